The average Bonchev–Trinajstić information content (AvgIpc) is 2.36. The highest BCUT2D eigenvalue weighted by molar-refractivity contribution is 6.00. The quantitative estimate of drug-likeness (QED) is 0.732. The molecule has 98 valence electrons. The van der Waals surface area contributed by atoms with Gasteiger partial charge >= 0.3 is 0 Å². The zero-order valence-corrected chi connectivity index (χ0v) is 11.4. The molecule has 0 saturated carbocycles. The van der Waals surface area contributed by atoms with Crippen molar-refractivity contribution in [1.29, 1.82) is 0 Å². The molecule has 0 amide bonds. The van der Waals surface area contributed by atoms with Gasteiger partial charge in [-0.1, -0.05) is 32.3 Å². The Morgan fingerprint density at radius 1 is 1.22 bits per heavy atom. The van der Waals surface area contributed by atoms with Crippen molar-refractivity contribution in [2.45, 2.75) is 52.4 Å². The molecule has 1 aromatic carbocycles. The Morgan fingerprint density at radius 3 is 2.83 bits per heavy atom. The van der Waals surface area contributed by atoms with Crippen molar-refractivity contribution in [2.24, 2.45) is 0 Å². The van der Waals surface area contributed by atoms with E-state index in [2.05, 4.69) is 19.9 Å². The first-order valence-corrected chi connectivity index (χ1v) is 7.02. The van der Waals surface area contributed by atoms with Crippen LogP contribution in [0, 0.1) is 6.92 Å². The van der Waals surface area contributed by atoms with E-state index in [-0.39, 0.29) is 5.78 Å². The van der Waals surface area contributed by atoms with Crippen LogP contribution in [0.25, 0.3) is 0 Å². The van der Waals surface area contributed by atoms with E-state index in [0.29, 0.717) is 13.0 Å². The third-order valence-corrected chi connectivity index (χ3v) is 3.49. The predicted octanol–water partition coefficient (Wildman–Crippen LogP) is 4.08. The molecule has 2 rings (SSSR count). The minimum absolute atomic E-state index is 0.231. The van der Waals surface area contributed by atoms with Crippen LogP contribution in [-0.4, -0.2) is 12.4 Å². The zero-order valence-electron chi connectivity index (χ0n) is 11.4. The molecule has 1 aliphatic heterocycles. The third kappa shape index (κ3) is 2.92. The lowest BCUT2D eigenvalue weighted by atomic mass is 9.95. The fraction of sp³-hybridized carbons (Fsp3) is 0.562. The maximum absolute atomic E-state index is 11.9. The number of Topliss-reactive ketones (excluding diaryl/α,β-unsaturated/α-hetero) is 1. The number of carbonyl (C=O) groups excluding carboxylic acids is 1. The number of rotatable bonds is 5. The highest BCUT2D eigenvalue weighted by atomic mass is 16.5. The van der Waals surface area contributed by atoms with E-state index in [0.717, 1.165) is 23.3 Å². The zero-order chi connectivity index (χ0) is 13.0. The minimum Gasteiger partial charge on any atom is -0.492 e. The summed E-state index contributed by atoms with van der Waals surface area (Å²) < 4.78 is 5.72. The van der Waals surface area contributed by atoms with Gasteiger partial charge < -0.3 is 4.74 Å². The smallest absolute Gasteiger partial charge is 0.170 e. The Morgan fingerprint density at radius 2 is 2.06 bits per heavy atom. The number of ether oxygens (including phenoxy) is 1. The van der Waals surface area contributed by atoms with Gasteiger partial charge in [-0.3, -0.25) is 4.79 Å². The summed E-state index contributed by atoms with van der Waals surface area (Å²) in [5.41, 5.74) is 3.18. The van der Waals surface area contributed by atoms with Gasteiger partial charge in [-0.25, -0.2) is 0 Å². The highest BCUT2D eigenvalue weighted by Crippen LogP contribution is 2.31. The van der Waals surface area contributed by atoms with E-state index in [1.165, 1.54) is 31.2 Å². The molecule has 0 spiro atoms. The summed E-state index contributed by atoms with van der Waals surface area (Å²) in [6, 6.07) is 4.13. The van der Waals surface area contributed by atoms with E-state index in [1.807, 2.05) is 6.07 Å². The molecule has 2 nitrogen and oxygen atoms in total. The van der Waals surface area contributed by atoms with Crippen molar-refractivity contribution < 1.29 is 9.53 Å². The SMILES string of the molecule is CCCCCCc1cc(C)cc2c1OCCC2=O. The van der Waals surface area contributed by atoms with Crippen LogP contribution in [0.2, 0.25) is 0 Å². The first-order chi connectivity index (χ1) is 8.72. The van der Waals surface area contributed by atoms with E-state index in [4.69, 9.17) is 4.74 Å². The van der Waals surface area contributed by atoms with Crippen molar-refractivity contribution in [2.75, 3.05) is 6.61 Å². The first-order valence-electron chi connectivity index (χ1n) is 7.02. The third-order valence-electron chi connectivity index (χ3n) is 3.49. The van der Waals surface area contributed by atoms with Crippen LogP contribution >= 0.6 is 0 Å². The number of hydrogen-bond acceptors (Lipinski definition) is 2. The number of ketones is 1. The molecular weight excluding hydrogens is 224 g/mol. The van der Waals surface area contributed by atoms with E-state index < -0.39 is 0 Å². The first kappa shape index (κ1) is 13.1. The molecule has 0 aromatic heterocycles. The second kappa shape index (κ2) is 6.03. The fourth-order valence-electron chi connectivity index (χ4n) is 2.53. The van der Waals surface area contributed by atoms with Gasteiger partial charge in [0.2, 0.25) is 0 Å². The summed E-state index contributed by atoms with van der Waals surface area (Å²) in [6.07, 6.45) is 6.52. The van der Waals surface area contributed by atoms with Crippen LogP contribution in [0.15, 0.2) is 12.1 Å². The summed E-state index contributed by atoms with van der Waals surface area (Å²) >= 11 is 0. The van der Waals surface area contributed by atoms with Crippen LogP contribution in [0.3, 0.4) is 0 Å². The number of benzene rings is 1. The molecule has 0 aliphatic carbocycles. The molecule has 2 heteroatoms. The average molecular weight is 246 g/mol. The van der Waals surface area contributed by atoms with Crippen LogP contribution in [0.1, 0.15) is 60.5 Å². The number of aryl methyl sites for hydroxylation is 2. The topological polar surface area (TPSA) is 26.3 Å². The largest absolute Gasteiger partial charge is 0.492 e. The lowest BCUT2D eigenvalue weighted by Crippen LogP contribution is -2.17. The molecule has 0 atom stereocenters. The lowest BCUT2D eigenvalue weighted by Gasteiger charge is -2.20. The lowest BCUT2D eigenvalue weighted by molar-refractivity contribution is 0.0932. The standard InChI is InChI=1S/C16H22O2/c1-3-4-5-6-7-13-10-12(2)11-14-15(17)8-9-18-16(13)14/h10-11H,3-9H2,1-2H3. The number of fused-ring (bicyclic) bond motifs is 1. The van der Waals surface area contributed by atoms with Crippen LogP contribution in [0.5, 0.6) is 5.75 Å². The van der Waals surface area contributed by atoms with Crippen LogP contribution < -0.4 is 4.74 Å². The number of unbranched alkanes of at least 4 members (excludes halogenated alkanes) is 3. The van der Waals surface area contributed by atoms with Crippen molar-refractivity contribution in [3.8, 4) is 5.75 Å². The van der Waals surface area contributed by atoms with Crippen molar-refractivity contribution >= 4 is 5.78 Å². The summed E-state index contributed by atoms with van der Waals surface area (Å²) in [4.78, 5) is 11.9. The maximum Gasteiger partial charge on any atom is 0.170 e. The van der Waals surface area contributed by atoms with E-state index >= 15 is 0 Å². The molecule has 0 radical (unpaired) electrons. The highest BCUT2D eigenvalue weighted by Gasteiger charge is 2.21. The van der Waals surface area contributed by atoms with Gasteiger partial charge in [0.1, 0.15) is 5.75 Å². The van der Waals surface area contributed by atoms with Gasteiger partial charge in [-0.05, 0) is 37.0 Å². The van der Waals surface area contributed by atoms with Gasteiger partial charge in [0.05, 0.1) is 12.2 Å². The van der Waals surface area contributed by atoms with Gasteiger partial charge in [-0.15, -0.1) is 0 Å². The Hall–Kier alpha value is -1.31. The maximum atomic E-state index is 11.9. The number of hydrogen-bond donors (Lipinski definition) is 0. The molecule has 0 fully saturated rings. The Kier molecular flexibility index (Phi) is 4.40. The second-order valence-electron chi connectivity index (χ2n) is 5.13. The minimum atomic E-state index is 0.231. The Balaban J connectivity index is 2.16. The fourth-order valence-corrected chi connectivity index (χ4v) is 2.53. The van der Waals surface area contributed by atoms with Crippen LogP contribution in [-0.2, 0) is 6.42 Å². The molecule has 0 N–H and O–H groups in total. The van der Waals surface area contributed by atoms with E-state index in [9.17, 15) is 4.79 Å². The van der Waals surface area contributed by atoms with Gasteiger partial charge in [0, 0.05) is 6.42 Å². The predicted molar refractivity (Wildman–Crippen MR) is 73.5 cm³/mol. The molecular formula is C16H22O2. The normalized spacial score (nSPS) is 14.2. The van der Waals surface area contributed by atoms with E-state index in [1.54, 1.807) is 0 Å². The summed E-state index contributed by atoms with van der Waals surface area (Å²) in [5.74, 6) is 1.09. The van der Waals surface area contributed by atoms with Gasteiger partial charge in [0.15, 0.2) is 5.78 Å². The molecule has 0 unspecified atom stereocenters. The monoisotopic (exact) mass is 246 g/mol. The molecule has 0 bridgehead atoms. The van der Waals surface area contributed by atoms with Gasteiger partial charge in [-0.2, -0.15) is 0 Å². The molecule has 18 heavy (non-hydrogen) atoms. The van der Waals surface area contributed by atoms with Crippen molar-refractivity contribution in [3.63, 3.8) is 0 Å². The summed E-state index contributed by atoms with van der Waals surface area (Å²) in [5, 5.41) is 0. The molecule has 1 aromatic rings. The Bertz CT molecular complexity index is 435. The summed E-state index contributed by atoms with van der Waals surface area (Å²) in [7, 11) is 0. The molecule has 1 aliphatic rings. The van der Waals surface area contributed by atoms with Gasteiger partial charge in [0.25, 0.3) is 0 Å². The second-order valence-corrected chi connectivity index (χ2v) is 5.13. The molecule has 1 heterocycles. The summed E-state index contributed by atoms with van der Waals surface area (Å²) in [6.45, 7) is 4.81. The van der Waals surface area contributed by atoms with Crippen molar-refractivity contribution in [1.82, 2.24) is 0 Å². The Labute approximate surface area is 109 Å². The molecule has 0 saturated heterocycles. The van der Waals surface area contributed by atoms with Crippen LogP contribution in [0.4, 0.5) is 0 Å². The number of carbonyl (C=O) groups is 1. The van der Waals surface area contributed by atoms with Crippen molar-refractivity contribution in [3.05, 3.63) is 28.8 Å².